The lowest BCUT2D eigenvalue weighted by Gasteiger charge is -2.26. The van der Waals surface area contributed by atoms with Gasteiger partial charge in [0.1, 0.15) is 0 Å². The quantitative estimate of drug-likeness (QED) is 0.296. The maximum atomic E-state index is 4.40. The van der Waals surface area contributed by atoms with Gasteiger partial charge in [-0.2, -0.15) is 0 Å². The number of hydrogen-bond acceptors (Lipinski definition) is 1. The molecule has 3 aromatic rings. The summed E-state index contributed by atoms with van der Waals surface area (Å²) in [5.41, 5.74) is 9.28. The summed E-state index contributed by atoms with van der Waals surface area (Å²) in [7, 11) is 0. The predicted octanol–water partition coefficient (Wildman–Crippen LogP) is 9.90. The van der Waals surface area contributed by atoms with Crippen molar-refractivity contribution in [1.29, 1.82) is 0 Å². The Kier molecular flexibility index (Phi) is 9.05. The normalized spacial score (nSPS) is 12.5. The summed E-state index contributed by atoms with van der Waals surface area (Å²) < 4.78 is 0. The van der Waals surface area contributed by atoms with E-state index in [1.807, 2.05) is 19.9 Å². The summed E-state index contributed by atoms with van der Waals surface area (Å²) in [4.78, 5) is 2.21. The van der Waals surface area contributed by atoms with Gasteiger partial charge in [0.25, 0.3) is 0 Å². The van der Waals surface area contributed by atoms with Gasteiger partial charge < -0.3 is 4.90 Å². The molecule has 0 radical (unpaired) electrons. The van der Waals surface area contributed by atoms with Crippen LogP contribution in [0, 0.1) is 0 Å². The number of rotatable bonds is 9. The first kappa shape index (κ1) is 24.8. The van der Waals surface area contributed by atoms with Crippen LogP contribution in [0.2, 0.25) is 0 Å². The number of allylic oxidation sites excluding steroid dienone is 8. The van der Waals surface area contributed by atoms with E-state index in [1.165, 1.54) is 27.8 Å². The first-order chi connectivity index (χ1) is 16.6. The molecule has 0 aliphatic heterocycles. The molecule has 0 N–H and O–H groups in total. The van der Waals surface area contributed by atoms with Crippen LogP contribution in [0.3, 0.4) is 0 Å². The molecule has 1 nitrogen and oxygen atoms in total. The Hall–Kier alpha value is -3.84. The molecular weight excluding hydrogens is 410 g/mol. The van der Waals surface area contributed by atoms with E-state index < -0.39 is 0 Å². The predicted molar refractivity (Wildman–Crippen MR) is 151 cm³/mol. The van der Waals surface area contributed by atoms with Gasteiger partial charge in [-0.3, -0.25) is 0 Å². The van der Waals surface area contributed by atoms with Crippen molar-refractivity contribution in [2.45, 2.75) is 34.1 Å². The summed E-state index contributed by atoms with van der Waals surface area (Å²) in [5, 5.41) is 0. The average molecular weight is 446 g/mol. The topological polar surface area (TPSA) is 3.24 Å². The summed E-state index contributed by atoms with van der Waals surface area (Å²) in [5.74, 6) is 0. The number of anilines is 2. The Morgan fingerprint density at radius 2 is 1.38 bits per heavy atom. The van der Waals surface area contributed by atoms with Crippen LogP contribution in [0.5, 0.6) is 0 Å². The van der Waals surface area contributed by atoms with Gasteiger partial charge in [0.2, 0.25) is 0 Å². The Balaban J connectivity index is 1.99. The number of benzene rings is 3. The Labute approximate surface area is 205 Å². The molecule has 0 heterocycles. The van der Waals surface area contributed by atoms with E-state index in [1.54, 1.807) is 0 Å². The molecule has 0 saturated heterocycles. The summed E-state index contributed by atoms with van der Waals surface area (Å²) in [6.07, 6.45) is 13.6. The standard InChI is InChI=1S/C33H35N/c1-6-9-13-28(8-3)30-18-22-32(23-19-30)34(27(5)17-16-26(4)7-2)33-24-20-31(21-25-33)29-14-11-10-12-15-29/h6-7,9-25H,5,8H2,1-4H3/b9-6-,17-16-,26-7-,28-13+. The third-order valence-corrected chi connectivity index (χ3v) is 5.88. The monoisotopic (exact) mass is 445 g/mol. The van der Waals surface area contributed by atoms with Crippen molar-refractivity contribution >= 4 is 16.9 Å². The molecule has 0 amide bonds. The zero-order chi connectivity index (χ0) is 24.3. The maximum absolute atomic E-state index is 4.40. The fraction of sp³-hybridized carbons (Fsp3) is 0.152. The number of nitrogens with zero attached hydrogens (tertiary/aromatic N) is 1. The fourth-order valence-electron chi connectivity index (χ4n) is 3.77. The largest absolute Gasteiger partial charge is 0.311 e. The van der Waals surface area contributed by atoms with Crippen molar-refractivity contribution < 1.29 is 0 Å². The SMILES string of the molecule is C=C(/C=C\C(C)=C/C)N(c1ccc(/C(=C/C=C\C)CC)cc1)c1ccc(-c2ccccc2)cc1. The first-order valence-corrected chi connectivity index (χ1v) is 11.9. The van der Waals surface area contributed by atoms with E-state index in [0.29, 0.717) is 0 Å². The summed E-state index contributed by atoms with van der Waals surface area (Å²) in [6.45, 7) is 12.8. The molecule has 0 fully saturated rings. The lowest BCUT2D eigenvalue weighted by atomic mass is 10.0. The van der Waals surface area contributed by atoms with Gasteiger partial charge in [-0.25, -0.2) is 0 Å². The highest BCUT2D eigenvalue weighted by molar-refractivity contribution is 5.75. The van der Waals surface area contributed by atoms with E-state index in [0.717, 1.165) is 23.5 Å². The van der Waals surface area contributed by atoms with Crippen LogP contribution in [0.1, 0.15) is 39.7 Å². The fourth-order valence-corrected chi connectivity index (χ4v) is 3.77. The maximum Gasteiger partial charge on any atom is 0.0461 e. The van der Waals surface area contributed by atoms with Crippen molar-refractivity contribution in [2.75, 3.05) is 4.90 Å². The Bertz CT molecular complexity index is 1190. The van der Waals surface area contributed by atoms with Crippen LogP contribution >= 0.6 is 0 Å². The highest BCUT2D eigenvalue weighted by Gasteiger charge is 2.12. The summed E-state index contributed by atoms with van der Waals surface area (Å²) >= 11 is 0. The minimum atomic E-state index is 0.918. The van der Waals surface area contributed by atoms with E-state index in [4.69, 9.17) is 0 Å². The molecule has 34 heavy (non-hydrogen) atoms. The smallest absolute Gasteiger partial charge is 0.0461 e. The molecular formula is C33H35N. The zero-order valence-electron chi connectivity index (χ0n) is 20.8. The molecule has 3 aromatic carbocycles. The van der Waals surface area contributed by atoms with Crippen molar-refractivity contribution in [3.63, 3.8) is 0 Å². The lowest BCUT2D eigenvalue weighted by Crippen LogP contribution is -2.14. The number of hydrogen-bond donors (Lipinski definition) is 0. The van der Waals surface area contributed by atoms with Gasteiger partial charge in [-0.05, 0) is 79.8 Å². The van der Waals surface area contributed by atoms with Crippen LogP contribution in [0.25, 0.3) is 16.7 Å². The molecule has 0 aromatic heterocycles. The third kappa shape index (κ3) is 6.36. The van der Waals surface area contributed by atoms with E-state index in [9.17, 15) is 0 Å². The van der Waals surface area contributed by atoms with Gasteiger partial charge in [-0.15, -0.1) is 0 Å². The van der Waals surface area contributed by atoms with Gasteiger partial charge >= 0.3 is 0 Å². The van der Waals surface area contributed by atoms with Crippen LogP contribution in [0.15, 0.2) is 133 Å². The van der Waals surface area contributed by atoms with Gasteiger partial charge in [0.15, 0.2) is 0 Å². The average Bonchev–Trinajstić information content (AvgIpc) is 2.89. The molecule has 1 heteroatoms. The van der Waals surface area contributed by atoms with Gasteiger partial charge in [0.05, 0.1) is 0 Å². The van der Waals surface area contributed by atoms with E-state index in [2.05, 4.69) is 135 Å². The molecule has 3 rings (SSSR count). The molecule has 172 valence electrons. The molecule has 0 atom stereocenters. The van der Waals surface area contributed by atoms with Crippen LogP contribution < -0.4 is 4.90 Å². The second-order valence-electron chi connectivity index (χ2n) is 8.22. The van der Waals surface area contributed by atoms with Crippen molar-refractivity contribution in [1.82, 2.24) is 0 Å². The molecule has 0 unspecified atom stereocenters. The van der Waals surface area contributed by atoms with Crippen LogP contribution in [0.4, 0.5) is 11.4 Å². The molecule has 0 bridgehead atoms. The second kappa shape index (κ2) is 12.4. The van der Waals surface area contributed by atoms with Crippen LogP contribution in [-0.2, 0) is 0 Å². The highest BCUT2D eigenvalue weighted by Crippen LogP contribution is 2.33. The molecule has 0 aliphatic rings. The molecule has 0 aliphatic carbocycles. The van der Waals surface area contributed by atoms with Gasteiger partial charge in [0, 0.05) is 17.1 Å². The van der Waals surface area contributed by atoms with Gasteiger partial charge in [-0.1, -0.05) is 104 Å². The highest BCUT2D eigenvalue weighted by atomic mass is 15.1. The minimum absolute atomic E-state index is 0.918. The van der Waals surface area contributed by atoms with Crippen molar-refractivity contribution in [3.8, 4) is 11.1 Å². The Morgan fingerprint density at radius 1 is 0.794 bits per heavy atom. The zero-order valence-corrected chi connectivity index (χ0v) is 20.8. The first-order valence-electron chi connectivity index (χ1n) is 11.9. The Morgan fingerprint density at radius 3 is 1.94 bits per heavy atom. The van der Waals surface area contributed by atoms with Crippen molar-refractivity contribution in [3.05, 3.63) is 139 Å². The molecule has 0 spiro atoms. The van der Waals surface area contributed by atoms with E-state index in [-0.39, 0.29) is 0 Å². The lowest BCUT2D eigenvalue weighted by molar-refractivity contribution is 1.21. The van der Waals surface area contributed by atoms with E-state index >= 15 is 0 Å². The minimum Gasteiger partial charge on any atom is -0.311 e. The summed E-state index contributed by atoms with van der Waals surface area (Å²) in [6, 6.07) is 27.9. The second-order valence-corrected chi connectivity index (χ2v) is 8.22. The van der Waals surface area contributed by atoms with Crippen molar-refractivity contribution in [2.24, 2.45) is 0 Å². The third-order valence-electron chi connectivity index (χ3n) is 5.88. The van der Waals surface area contributed by atoms with Crippen LogP contribution in [-0.4, -0.2) is 0 Å². The molecule has 0 saturated carbocycles.